The standard InChI is InChI=1S/C15H19N5O2/c1-11-6-5-7-13(20(17)15(21)19(2)16)12(11)10-22-14-8-3-4-9-18-14/h3-9H,10,16-17H2,1-2H3. The first-order valence-corrected chi connectivity index (χ1v) is 6.70. The normalized spacial score (nSPS) is 10.2. The maximum Gasteiger partial charge on any atom is 0.352 e. The second-order valence-electron chi connectivity index (χ2n) is 4.79. The van der Waals surface area contributed by atoms with Crippen LogP contribution in [0.3, 0.4) is 0 Å². The lowest BCUT2D eigenvalue weighted by Crippen LogP contribution is -2.49. The topological polar surface area (TPSA) is 97.7 Å². The van der Waals surface area contributed by atoms with Gasteiger partial charge in [-0.3, -0.25) is 5.01 Å². The maximum atomic E-state index is 11.9. The number of nitrogens with two attached hydrogens (primary N) is 2. The van der Waals surface area contributed by atoms with Crippen LogP contribution in [0.1, 0.15) is 11.1 Å². The van der Waals surface area contributed by atoms with Crippen molar-refractivity contribution in [1.29, 1.82) is 0 Å². The number of aryl methyl sites for hydroxylation is 1. The van der Waals surface area contributed by atoms with Gasteiger partial charge < -0.3 is 4.74 Å². The Bertz CT molecular complexity index is 646. The van der Waals surface area contributed by atoms with E-state index in [2.05, 4.69) is 4.98 Å². The molecule has 1 heterocycles. The number of ether oxygens (including phenoxy) is 1. The van der Waals surface area contributed by atoms with Gasteiger partial charge in [0, 0.05) is 24.9 Å². The summed E-state index contributed by atoms with van der Waals surface area (Å²) < 4.78 is 5.65. The predicted molar refractivity (Wildman–Crippen MR) is 83.8 cm³/mol. The number of amides is 2. The van der Waals surface area contributed by atoms with E-state index in [0.29, 0.717) is 11.6 Å². The number of urea groups is 1. The van der Waals surface area contributed by atoms with Crippen LogP contribution in [0, 0.1) is 6.92 Å². The first kappa shape index (κ1) is 15.7. The lowest BCUT2D eigenvalue weighted by molar-refractivity contribution is 0.216. The molecule has 2 amide bonds. The molecule has 0 unspecified atom stereocenters. The van der Waals surface area contributed by atoms with E-state index < -0.39 is 6.03 Å². The van der Waals surface area contributed by atoms with Gasteiger partial charge in [0.15, 0.2) is 0 Å². The number of hydrogen-bond acceptors (Lipinski definition) is 5. The van der Waals surface area contributed by atoms with Crippen molar-refractivity contribution in [3.05, 3.63) is 53.7 Å². The monoisotopic (exact) mass is 301 g/mol. The highest BCUT2D eigenvalue weighted by molar-refractivity contribution is 5.91. The van der Waals surface area contributed by atoms with E-state index in [4.69, 9.17) is 16.4 Å². The van der Waals surface area contributed by atoms with E-state index in [9.17, 15) is 4.79 Å². The molecule has 7 nitrogen and oxygen atoms in total. The first-order valence-electron chi connectivity index (χ1n) is 6.70. The lowest BCUT2D eigenvalue weighted by Gasteiger charge is -2.24. The van der Waals surface area contributed by atoms with Crippen LogP contribution in [0.2, 0.25) is 0 Å². The Labute approximate surface area is 129 Å². The van der Waals surface area contributed by atoms with Gasteiger partial charge in [0.25, 0.3) is 0 Å². The van der Waals surface area contributed by atoms with Crippen LogP contribution >= 0.6 is 0 Å². The number of nitrogens with zero attached hydrogens (tertiary/aromatic N) is 3. The number of hydrazine groups is 2. The maximum absolute atomic E-state index is 11.9. The summed E-state index contributed by atoms with van der Waals surface area (Å²) in [7, 11) is 1.43. The van der Waals surface area contributed by atoms with Crippen LogP contribution in [-0.2, 0) is 6.61 Å². The molecule has 0 saturated carbocycles. The number of aromatic nitrogens is 1. The Morgan fingerprint density at radius 3 is 2.64 bits per heavy atom. The van der Waals surface area contributed by atoms with Crippen molar-refractivity contribution >= 4 is 11.7 Å². The summed E-state index contributed by atoms with van der Waals surface area (Å²) in [4.78, 5) is 16.0. The van der Waals surface area contributed by atoms with Gasteiger partial charge in [0.1, 0.15) is 6.61 Å². The Morgan fingerprint density at radius 1 is 1.23 bits per heavy atom. The summed E-state index contributed by atoms with van der Waals surface area (Å²) in [6, 6.07) is 10.4. The van der Waals surface area contributed by atoms with Gasteiger partial charge in [-0.15, -0.1) is 0 Å². The van der Waals surface area contributed by atoms with Gasteiger partial charge in [0.2, 0.25) is 5.88 Å². The number of carbonyl (C=O) groups is 1. The molecule has 22 heavy (non-hydrogen) atoms. The SMILES string of the molecule is Cc1cccc(N(N)C(=O)N(C)N)c1COc1ccccn1. The minimum atomic E-state index is -0.523. The molecule has 0 aliphatic heterocycles. The van der Waals surface area contributed by atoms with Crippen LogP contribution in [-0.4, -0.2) is 23.1 Å². The number of rotatable bonds is 4. The predicted octanol–water partition coefficient (Wildman–Crippen LogP) is 1.57. The Morgan fingerprint density at radius 2 is 2.00 bits per heavy atom. The molecule has 116 valence electrons. The Hall–Kier alpha value is -2.64. The average Bonchev–Trinajstić information content (AvgIpc) is 2.53. The molecule has 0 radical (unpaired) electrons. The molecule has 1 aromatic carbocycles. The van der Waals surface area contributed by atoms with Crippen molar-refractivity contribution in [1.82, 2.24) is 9.99 Å². The quantitative estimate of drug-likeness (QED) is 0.507. The third-order valence-electron chi connectivity index (χ3n) is 3.16. The molecule has 0 atom stereocenters. The van der Waals surface area contributed by atoms with Crippen molar-refractivity contribution in [3.8, 4) is 5.88 Å². The second-order valence-corrected chi connectivity index (χ2v) is 4.79. The molecule has 0 spiro atoms. The van der Waals surface area contributed by atoms with E-state index >= 15 is 0 Å². The van der Waals surface area contributed by atoms with Crippen LogP contribution in [0.25, 0.3) is 0 Å². The molecule has 7 heteroatoms. The Kier molecular flexibility index (Phi) is 4.92. The van der Waals surface area contributed by atoms with Gasteiger partial charge in [0.05, 0.1) is 5.69 Å². The van der Waals surface area contributed by atoms with Crippen molar-refractivity contribution in [2.45, 2.75) is 13.5 Å². The smallest absolute Gasteiger partial charge is 0.352 e. The summed E-state index contributed by atoms with van der Waals surface area (Å²) in [5.74, 6) is 11.8. The molecule has 1 aromatic heterocycles. The van der Waals surface area contributed by atoms with Crippen molar-refractivity contribution in [3.63, 3.8) is 0 Å². The third kappa shape index (κ3) is 3.51. The molecule has 0 fully saturated rings. The van der Waals surface area contributed by atoms with Crippen LogP contribution in [0.5, 0.6) is 5.88 Å². The van der Waals surface area contributed by atoms with E-state index in [1.807, 2.05) is 31.2 Å². The van der Waals surface area contributed by atoms with Gasteiger partial charge in [-0.1, -0.05) is 18.2 Å². The molecule has 0 aliphatic rings. The minimum absolute atomic E-state index is 0.244. The summed E-state index contributed by atoms with van der Waals surface area (Å²) >= 11 is 0. The van der Waals surface area contributed by atoms with Gasteiger partial charge in [-0.2, -0.15) is 0 Å². The first-order chi connectivity index (χ1) is 10.5. The summed E-state index contributed by atoms with van der Waals surface area (Å²) in [5, 5.41) is 1.93. The molecule has 0 saturated heterocycles. The van der Waals surface area contributed by atoms with Crippen molar-refractivity contribution < 1.29 is 9.53 Å². The van der Waals surface area contributed by atoms with Gasteiger partial charge in [-0.05, 0) is 24.6 Å². The zero-order valence-corrected chi connectivity index (χ0v) is 12.6. The second kappa shape index (κ2) is 6.88. The van der Waals surface area contributed by atoms with Gasteiger partial charge >= 0.3 is 6.03 Å². The molecule has 2 aromatic rings. The number of hydrogen-bond donors (Lipinski definition) is 2. The fourth-order valence-corrected chi connectivity index (χ4v) is 1.95. The average molecular weight is 301 g/mol. The fourth-order valence-electron chi connectivity index (χ4n) is 1.95. The fraction of sp³-hybridized carbons (Fsp3) is 0.200. The van der Waals surface area contributed by atoms with E-state index in [0.717, 1.165) is 21.1 Å². The molecule has 4 N–H and O–H groups in total. The number of benzene rings is 1. The summed E-state index contributed by atoms with van der Waals surface area (Å²) in [5.41, 5.74) is 2.29. The zero-order valence-electron chi connectivity index (χ0n) is 12.6. The number of pyridine rings is 1. The lowest BCUT2D eigenvalue weighted by atomic mass is 10.1. The van der Waals surface area contributed by atoms with E-state index in [-0.39, 0.29) is 6.61 Å². The number of anilines is 1. The molecule has 2 rings (SSSR count). The largest absolute Gasteiger partial charge is 0.473 e. The van der Waals surface area contributed by atoms with Crippen LogP contribution in [0.15, 0.2) is 42.6 Å². The van der Waals surface area contributed by atoms with Crippen molar-refractivity contribution in [2.24, 2.45) is 11.7 Å². The molecular formula is C15H19N5O2. The highest BCUT2D eigenvalue weighted by Gasteiger charge is 2.18. The van der Waals surface area contributed by atoms with E-state index in [1.54, 1.807) is 18.3 Å². The minimum Gasteiger partial charge on any atom is -0.473 e. The van der Waals surface area contributed by atoms with Gasteiger partial charge in [-0.25, -0.2) is 26.5 Å². The van der Waals surface area contributed by atoms with Crippen molar-refractivity contribution in [2.75, 3.05) is 12.1 Å². The molecular weight excluding hydrogens is 282 g/mol. The highest BCUT2D eigenvalue weighted by Crippen LogP contribution is 2.24. The van der Waals surface area contributed by atoms with Crippen LogP contribution < -0.4 is 21.4 Å². The molecule has 0 bridgehead atoms. The highest BCUT2D eigenvalue weighted by atomic mass is 16.5. The zero-order chi connectivity index (χ0) is 16.1. The summed E-state index contributed by atoms with van der Waals surface area (Å²) in [6.07, 6.45) is 1.65. The van der Waals surface area contributed by atoms with Crippen LogP contribution in [0.4, 0.5) is 10.5 Å². The summed E-state index contributed by atoms with van der Waals surface area (Å²) in [6.45, 7) is 2.17. The number of carbonyl (C=O) groups excluding carboxylic acids is 1. The third-order valence-corrected chi connectivity index (χ3v) is 3.16. The van der Waals surface area contributed by atoms with E-state index in [1.165, 1.54) is 7.05 Å². The molecule has 0 aliphatic carbocycles. The Balaban J connectivity index is 2.25.